The summed E-state index contributed by atoms with van der Waals surface area (Å²) in [5.41, 5.74) is 8.42. The monoisotopic (exact) mass is 358 g/mol. The molecular formula is C19H22N2O3S. The Morgan fingerprint density at radius 3 is 2.36 bits per heavy atom. The lowest BCUT2D eigenvalue weighted by molar-refractivity contribution is -0.123. The number of hydrogen-bond acceptors (Lipinski definition) is 4. The van der Waals surface area contributed by atoms with Crippen molar-refractivity contribution in [1.29, 1.82) is 0 Å². The van der Waals surface area contributed by atoms with Crippen molar-refractivity contribution < 1.29 is 14.3 Å². The van der Waals surface area contributed by atoms with Gasteiger partial charge in [-0.3, -0.25) is 20.4 Å². The van der Waals surface area contributed by atoms with Crippen LogP contribution in [0, 0.1) is 20.8 Å². The molecule has 0 aliphatic rings. The molecule has 0 spiro atoms. The molecule has 0 atom stereocenters. The Morgan fingerprint density at radius 2 is 1.68 bits per heavy atom. The Labute approximate surface area is 152 Å². The molecule has 2 aromatic rings. The number of nitrogens with one attached hydrogen (secondary N) is 2. The summed E-state index contributed by atoms with van der Waals surface area (Å²) in [6, 6.07) is 11.3. The average molecular weight is 358 g/mol. The zero-order valence-corrected chi connectivity index (χ0v) is 15.6. The van der Waals surface area contributed by atoms with Crippen LogP contribution in [0.25, 0.3) is 0 Å². The maximum atomic E-state index is 12.2. The van der Waals surface area contributed by atoms with Gasteiger partial charge in [0.15, 0.2) is 6.61 Å². The first-order valence-corrected chi connectivity index (χ1v) is 9.07. The van der Waals surface area contributed by atoms with Crippen molar-refractivity contribution in [3.8, 4) is 5.75 Å². The molecule has 0 heterocycles. The van der Waals surface area contributed by atoms with Gasteiger partial charge in [0.1, 0.15) is 5.75 Å². The molecule has 132 valence electrons. The van der Waals surface area contributed by atoms with E-state index in [0.717, 1.165) is 21.6 Å². The topological polar surface area (TPSA) is 67.4 Å². The van der Waals surface area contributed by atoms with Gasteiger partial charge in [0, 0.05) is 10.5 Å². The van der Waals surface area contributed by atoms with Crippen molar-refractivity contribution in [2.24, 2.45) is 0 Å². The molecule has 0 aliphatic heterocycles. The van der Waals surface area contributed by atoms with E-state index in [0.29, 0.717) is 11.3 Å². The lowest BCUT2D eigenvalue weighted by Gasteiger charge is -2.11. The Hall–Kier alpha value is -2.47. The van der Waals surface area contributed by atoms with E-state index in [-0.39, 0.29) is 12.5 Å². The molecule has 2 amide bonds. The van der Waals surface area contributed by atoms with Gasteiger partial charge in [0.05, 0.1) is 0 Å². The van der Waals surface area contributed by atoms with Crippen LogP contribution in [0.4, 0.5) is 0 Å². The van der Waals surface area contributed by atoms with Crippen LogP contribution in [0.3, 0.4) is 0 Å². The van der Waals surface area contributed by atoms with Gasteiger partial charge in [-0.2, -0.15) is 0 Å². The van der Waals surface area contributed by atoms with Crippen LogP contribution in [0.1, 0.15) is 27.0 Å². The lowest BCUT2D eigenvalue weighted by atomic mass is 10.1. The van der Waals surface area contributed by atoms with Crippen LogP contribution < -0.4 is 15.6 Å². The standard InChI is InChI=1S/C19H22N2O3S/c1-12-5-7-15(9-14(12)3)24-11-18(22)20-21-19(23)17-10-16(25-4)8-6-13(17)2/h5-10H,11H2,1-4H3,(H,20,22)(H,21,23). The van der Waals surface area contributed by atoms with Crippen molar-refractivity contribution in [1.82, 2.24) is 10.9 Å². The SMILES string of the molecule is CSc1ccc(C)c(C(=O)NNC(=O)COc2ccc(C)c(C)c2)c1. The summed E-state index contributed by atoms with van der Waals surface area (Å²) in [5.74, 6) is -0.161. The van der Waals surface area contributed by atoms with Gasteiger partial charge in [-0.25, -0.2) is 0 Å². The van der Waals surface area contributed by atoms with Crippen LogP contribution in [0.15, 0.2) is 41.3 Å². The molecule has 2 aromatic carbocycles. The highest BCUT2D eigenvalue weighted by molar-refractivity contribution is 7.98. The minimum absolute atomic E-state index is 0.174. The van der Waals surface area contributed by atoms with E-state index in [1.807, 2.05) is 57.4 Å². The Bertz CT molecular complexity index is 790. The number of rotatable bonds is 5. The third-order valence-electron chi connectivity index (χ3n) is 3.85. The molecule has 0 saturated carbocycles. The largest absolute Gasteiger partial charge is 0.484 e. The van der Waals surface area contributed by atoms with Gasteiger partial charge >= 0.3 is 0 Å². The maximum Gasteiger partial charge on any atom is 0.276 e. The number of amides is 2. The fraction of sp³-hybridized carbons (Fsp3) is 0.263. The summed E-state index contributed by atoms with van der Waals surface area (Å²) in [4.78, 5) is 25.1. The number of aryl methyl sites for hydroxylation is 3. The molecule has 0 bridgehead atoms. The van der Waals surface area contributed by atoms with Gasteiger partial charge in [-0.1, -0.05) is 12.1 Å². The van der Waals surface area contributed by atoms with E-state index in [4.69, 9.17) is 4.74 Å². The fourth-order valence-electron chi connectivity index (χ4n) is 2.16. The van der Waals surface area contributed by atoms with E-state index in [9.17, 15) is 9.59 Å². The van der Waals surface area contributed by atoms with E-state index in [2.05, 4.69) is 10.9 Å². The molecule has 0 fully saturated rings. The normalized spacial score (nSPS) is 10.2. The molecule has 25 heavy (non-hydrogen) atoms. The number of benzene rings is 2. The van der Waals surface area contributed by atoms with Crippen molar-refractivity contribution in [3.63, 3.8) is 0 Å². The molecule has 0 radical (unpaired) electrons. The molecule has 2 rings (SSSR count). The zero-order chi connectivity index (χ0) is 18.4. The zero-order valence-electron chi connectivity index (χ0n) is 14.8. The third kappa shape index (κ3) is 5.26. The Kier molecular flexibility index (Phi) is 6.47. The predicted molar refractivity (Wildman–Crippen MR) is 100.0 cm³/mol. The first-order valence-electron chi connectivity index (χ1n) is 7.84. The molecule has 0 aliphatic carbocycles. The Morgan fingerprint density at radius 1 is 0.960 bits per heavy atom. The van der Waals surface area contributed by atoms with Crippen LogP contribution in [0.2, 0.25) is 0 Å². The van der Waals surface area contributed by atoms with Gasteiger partial charge in [-0.05, 0) is 68.0 Å². The molecule has 0 unspecified atom stereocenters. The van der Waals surface area contributed by atoms with Crippen LogP contribution in [-0.4, -0.2) is 24.7 Å². The Balaban J connectivity index is 1.87. The van der Waals surface area contributed by atoms with E-state index >= 15 is 0 Å². The van der Waals surface area contributed by atoms with E-state index in [1.54, 1.807) is 17.8 Å². The van der Waals surface area contributed by atoms with Crippen molar-refractivity contribution in [2.75, 3.05) is 12.9 Å². The van der Waals surface area contributed by atoms with E-state index < -0.39 is 5.91 Å². The second kappa shape index (κ2) is 8.58. The second-order valence-electron chi connectivity index (χ2n) is 5.72. The number of thioether (sulfide) groups is 1. The van der Waals surface area contributed by atoms with Gasteiger partial charge in [-0.15, -0.1) is 11.8 Å². The smallest absolute Gasteiger partial charge is 0.276 e. The number of hydrazine groups is 1. The maximum absolute atomic E-state index is 12.2. The second-order valence-corrected chi connectivity index (χ2v) is 6.60. The van der Waals surface area contributed by atoms with Crippen LogP contribution in [-0.2, 0) is 4.79 Å². The highest BCUT2D eigenvalue weighted by atomic mass is 32.2. The minimum atomic E-state index is -0.426. The molecule has 5 nitrogen and oxygen atoms in total. The van der Waals surface area contributed by atoms with Crippen molar-refractivity contribution in [2.45, 2.75) is 25.7 Å². The number of hydrogen-bond donors (Lipinski definition) is 2. The van der Waals surface area contributed by atoms with Gasteiger partial charge in [0.25, 0.3) is 11.8 Å². The summed E-state index contributed by atoms with van der Waals surface area (Å²) >= 11 is 1.55. The van der Waals surface area contributed by atoms with Crippen molar-refractivity contribution >= 4 is 23.6 Å². The summed E-state index contributed by atoms with van der Waals surface area (Å²) < 4.78 is 5.44. The number of ether oxygens (including phenoxy) is 1. The highest BCUT2D eigenvalue weighted by Gasteiger charge is 2.11. The summed E-state index contributed by atoms with van der Waals surface area (Å²) in [6.45, 7) is 5.67. The summed E-state index contributed by atoms with van der Waals surface area (Å²) in [5, 5.41) is 0. The fourth-order valence-corrected chi connectivity index (χ4v) is 2.60. The van der Waals surface area contributed by atoms with Crippen molar-refractivity contribution in [3.05, 3.63) is 58.7 Å². The van der Waals surface area contributed by atoms with Gasteiger partial charge in [0.2, 0.25) is 0 Å². The quantitative estimate of drug-likeness (QED) is 0.636. The first kappa shape index (κ1) is 18.9. The summed E-state index contributed by atoms with van der Waals surface area (Å²) in [6.07, 6.45) is 1.94. The molecular weight excluding hydrogens is 336 g/mol. The van der Waals surface area contributed by atoms with Crippen LogP contribution in [0.5, 0.6) is 5.75 Å². The molecule has 6 heteroatoms. The van der Waals surface area contributed by atoms with E-state index in [1.165, 1.54) is 0 Å². The first-order chi connectivity index (χ1) is 11.9. The molecule has 0 saturated heterocycles. The minimum Gasteiger partial charge on any atom is -0.484 e. The number of carbonyl (C=O) groups excluding carboxylic acids is 2. The third-order valence-corrected chi connectivity index (χ3v) is 4.58. The molecule has 2 N–H and O–H groups in total. The highest BCUT2D eigenvalue weighted by Crippen LogP contribution is 2.19. The predicted octanol–water partition coefficient (Wildman–Crippen LogP) is 3.17. The average Bonchev–Trinajstić information content (AvgIpc) is 2.61. The van der Waals surface area contributed by atoms with Crippen LogP contribution >= 0.6 is 11.8 Å². The molecule has 0 aromatic heterocycles. The van der Waals surface area contributed by atoms with Gasteiger partial charge < -0.3 is 4.74 Å². The lowest BCUT2D eigenvalue weighted by Crippen LogP contribution is -2.44. The summed E-state index contributed by atoms with van der Waals surface area (Å²) in [7, 11) is 0. The number of carbonyl (C=O) groups is 2.